The van der Waals surface area contributed by atoms with Crippen LogP contribution in [-0.2, 0) is 11.0 Å². The van der Waals surface area contributed by atoms with Crippen LogP contribution in [0.5, 0.6) is 0 Å². The highest BCUT2D eigenvalue weighted by Gasteiger charge is 2.21. The molecule has 0 unspecified atom stereocenters. The smallest absolute Gasteiger partial charge is 0.187 e. The Morgan fingerprint density at radius 3 is 2.68 bits per heavy atom. The molecule has 0 saturated carbocycles. The Kier molecular flexibility index (Phi) is 4.72. The minimum absolute atomic E-state index is 0.647. The summed E-state index contributed by atoms with van der Waals surface area (Å²) in [7, 11) is -1.51. The second kappa shape index (κ2) is 6.31. The number of rotatable bonds is 6. The lowest BCUT2D eigenvalue weighted by Gasteiger charge is -2.22. The van der Waals surface area contributed by atoms with E-state index >= 15 is 0 Å². The average molecular weight is 273 g/mol. The van der Waals surface area contributed by atoms with E-state index in [0.717, 1.165) is 11.2 Å². The zero-order chi connectivity index (χ0) is 13.7. The molecule has 0 radical (unpaired) electrons. The summed E-state index contributed by atoms with van der Waals surface area (Å²) >= 11 is 0. The number of fused-ring (bicyclic) bond motifs is 1. The summed E-state index contributed by atoms with van der Waals surface area (Å²) in [6.45, 7) is 7.47. The molecule has 1 aromatic carbocycles. The Hall–Kier alpha value is -1.19. The van der Waals surface area contributed by atoms with Crippen molar-refractivity contribution in [2.75, 3.05) is 0 Å². The van der Waals surface area contributed by atoms with Crippen LogP contribution >= 0.6 is 0 Å². The molecular formula is C16H23NOSi. The van der Waals surface area contributed by atoms with Crippen molar-refractivity contribution in [2.24, 2.45) is 0 Å². The van der Waals surface area contributed by atoms with Gasteiger partial charge in [0.25, 0.3) is 0 Å². The molecule has 2 rings (SSSR count). The fourth-order valence-electron chi connectivity index (χ4n) is 2.13. The number of hydrogen-bond acceptors (Lipinski definition) is 2. The summed E-state index contributed by atoms with van der Waals surface area (Å²) in [6, 6.07) is 13.7. The number of pyridine rings is 1. The zero-order valence-electron chi connectivity index (χ0n) is 12.1. The number of unbranched alkanes of at least 4 members (excludes halogenated alkanes) is 1. The summed E-state index contributed by atoms with van der Waals surface area (Å²) in [5.74, 6) is 0. The third-order valence-electron chi connectivity index (χ3n) is 3.40. The molecule has 0 atom stereocenters. The molecule has 2 aromatic rings. The van der Waals surface area contributed by atoms with Gasteiger partial charge in [0.1, 0.15) is 0 Å². The summed E-state index contributed by atoms with van der Waals surface area (Å²) in [4.78, 5) is 4.66. The molecule has 1 aromatic heterocycles. The van der Waals surface area contributed by atoms with E-state index in [2.05, 4.69) is 49.3 Å². The summed E-state index contributed by atoms with van der Waals surface area (Å²) in [5, 5.41) is 1.19. The van der Waals surface area contributed by atoms with Crippen LogP contribution in [-0.4, -0.2) is 13.3 Å². The Labute approximate surface area is 117 Å². The molecule has 19 heavy (non-hydrogen) atoms. The molecule has 1 heterocycles. The normalized spacial score (nSPS) is 11.9. The number of benzene rings is 1. The number of hydrogen-bond donors (Lipinski definition) is 0. The molecule has 0 bridgehead atoms. The first-order chi connectivity index (χ1) is 9.11. The monoisotopic (exact) mass is 273 g/mol. The van der Waals surface area contributed by atoms with Crippen LogP contribution in [0.3, 0.4) is 0 Å². The van der Waals surface area contributed by atoms with Crippen molar-refractivity contribution in [3.63, 3.8) is 0 Å². The molecular weight excluding hydrogens is 250 g/mol. The SMILES string of the molecule is CCCC[Si](C)(C)OCc1ccc2ccccc2n1. The Bertz CT molecular complexity index is 539. The van der Waals surface area contributed by atoms with Crippen LogP contribution in [0.4, 0.5) is 0 Å². The van der Waals surface area contributed by atoms with E-state index in [9.17, 15) is 0 Å². The fraction of sp³-hybridized carbons (Fsp3) is 0.438. The van der Waals surface area contributed by atoms with Crippen LogP contribution in [0, 0.1) is 0 Å². The van der Waals surface area contributed by atoms with E-state index in [-0.39, 0.29) is 0 Å². The van der Waals surface area contributed by atoms with Crippen molar-refractivity contribution in [1.82, 2.24) is 4.98 Å². The molecule has 102 valence electrons. The van der Waals surface area contributed by atoms with Gasteiger partial charge in [0, 0.05) is 5.39 Å². The van der Waals surface area contributed by atoms with Gasteiger partial charge in [0.2, 0.25) is 0 Å². The number of aromatic nitrogens is 1. The van der Waals surface area contributed by atoms with Gasteiger partial charge in [-0.3, -0.25) is 4.98 Å². The van der Waals surface area contributed by atoms with Crippen molar-refractivity contribution < 1.29 is 4.43 Å². The number of nitrogens with zero attached hydrogens (tertiary/aromatic N) is 1. The van der Waals surface area contributed by atoms with Gasteiger partial charge < -0.3 is 4.43 Å². The van der Waals surface area contributed by atoms with Crippen molar-refractivity contribution in [2.45, 2.75) is 45.5 Å². The first-order valence-electron chi connectivity index (χ1n) is 7.09. The molecule has 0 aliphatic rings. The Morgan fingerprint density at radius 2 is 1.89 bits per heavy atom. The van der Waals surface area contributed by atoms with Gasteiger partial charge >= 0.3 is 0 Å². The van der Waals surface area contributed by atoms with Gasteiger partial charge in [-0.15, -0.1) is 0 Å². The second-order valence-electron chi connectivity index (χ2n) is 5.65. The summed E-state index contributed by atoms with van der Waals surface area (Å²) in [5.41, 5.74) is 2.09. The van der Waals surface area contributed by atoms with Crippen molar-refractivity contribution in [3.8, 4) is 0 Å². The molecule has 3 heteroatoms. The summed E-state index contributed by atoms with van der Waals surface area (Å²) < 4.78 is 6.14. The topological polar surface area (TPSA) is 22.1 Å². The Morgan fingerprint density at radius 1 is 1.11 bits per heavy atom. The molecule has 0 saturated heterocycles. The van der Waals surface area contributed by atoms with Gasteiger partial charge in [-0.2, -0.15) is 0 Å². The van der Waals surface area contributed by atoms with E-state index in [1.165, 1.54) is 24.3 Å². The molecule has 0 fully saturated rings. The maximum atomic E-state index is 6.14. The molecule has 0 spiro atoms. The molecule has 0 aliphatic heterocycles. The highest BCUT2D eigenvalue weighted by Crippen LogP contribution is 2.18. The van der Waals surface area contributed by atoms with E-state index in [1.54, 1.807) is 0 Å². The minimum atomic E-state index is -1.51. The average Bonchev–Trinajstić information content (AvgIpc) is 2.43. The van der Waals surface area contributed by atoms with Gasteiger partial charge in [-0.25, -0.2) is 0 Å². The predicted molar refractivity (Wildman–Crippen MR) is 83.7 cm³/mol. The Balaban J connectivity index is 2.01. The van der Waals surface area contributed by atoms with Crippen LogP contribution < -0.4 is 0 Å². The standard InChI is InChI=1S/C16H23NOSi/c1-4-5-12-19(2,3)18-13-15-11-10-14-8-6-7-9-16(14)17-15/h6-11H,4-5,12-13H2,1-3H3. The first kappa shape index (κ1) is 14.2. The van der Waals surface area contributed by atoms with Crippen LogP contribution in [0.2, 0.25) is 19.1 Å². The summed E-state index contributed by atoms with van der Waals surface area (Å²) in [6.07, 6.45) is 2.51. The fourth-order valence-corrected chi connectivity index (χ4v) is 4.02. The predicted octanol–water partition coefficient (Wildman–Crippen LogP) is 4.76. The van der Waals surface area contributed by atoms with Gasteiger partial charge in [-0.05, 0) is 31.3 Å². The first-order valence-corrected chi connectivity index (χ1v) is 10.2. The van der Waals surface area contributed by atoms with Crippen molar-refractivity contribution in [3.05, 3.63) is 42.1 Å². The molecule has 0 amide bonds. The molecule has 0 aliphatic carbocycles. The minimum Gasteiger partial charge on any atom is -0.411 e. The van der Waals surface area contributed by atoms with E-state index in [1.807, 2.05) is 12.1 Å². The largest absolute Gasteiger partial charge is 0.411 e. The number of para-hydroxylation sites is 1. The highest BCUT2D eigenvalue weighted by atomic mass is 28.4. The zero-order valence-corrected chi connectivity index (χ0v) is 13.1. The van der Waals surface area contributed by atoms with Crippen molar-refractivity contribution in [1.29, 1.82) is 0 Å². The quantitative estimate of drug-likeness (QED) is 0.708. The lowest BCUT2D eigenvalue weighted by molar-refractivity contribution is 0.289. The third kappa shape index (κ3) is 4.15. The van der Waals surface area contributed by atoms with Gasteiger partial charge in [0.15, 0.2) is 8.32 Å². The maximum Gasteiger partial charge on any atom is 0.187 e. The van der Waals surface area contributed by atoms with Crippen LogP contribution in [0.15, 0.2) is 36.4 Å². The lowest BCUT2D eigenvalue weighted by Crippen LogP contribution is -2.29. The van der Waals surface area contributed by atoms with Crippen LogP contribution in [0.1, 0.15) is 25.5 Å². The lowest BCUT2D eigenvalue weighted by atomic mass is 10.2. The highest BCUT2D eigenvalue weighted by molar-refractivity contribution is 6.71. The van der Waals surface area contributed by atoms with Gasteiger partial charge in [0.05, 0.1) is 17.8 Å². The van der Waals surface area contributed by atoms with Gasteiger partial charge in [-0.1, -0.05) is 44.0 Å². The molecule has 0 N–H and O–H groups in total. The van der Waals surface area contributed by atoms with E-state index in [4.69, 9.17) is 4.43 Å². The second-order valence-corrected chi connectivity index (χ2v) is 9.96. The third-order valence-corrected chi connectivity index (χ3v) is 5.88. The van der Waals surface area contributed by atoms with E-state index < -0.39 is 8.32 Å². The van der Waals surface area contributed by atoms with Crippen LogP contribution in [0.25, 0.3) is 10.9 Å². The van der Waals surface area contributed by atoms with Crippen molar-refractivity contribution >= 4 is 19.2 Å². The van der Waals surface area contributed by atoms with E-state index in [0.29, 0.717) is 6.61 Å². The molecule has 2 nitrogen and oxygen atoms in total. The maximum absolute atomic E-state index is 6.14.